The Morgan fingerprint density at radius 1 is 1.04 bits per heavy atom. The number of hydrogen-bond acceptors (Lipinski definition) is 11. The lowest BCUT2D eigenvalue weighted by Gasteiger charge is -2.29. The van der Waals surface area contributed by atoms with E-state index in [4.69, 9.17) is 4.52 Å². The lowest BCUT2D eigenvalue weighted by atomic mass is 9.91. The number of aromatic nitrogens is 4. The predicted octanol–water partition coefficient (Wildman–Crippen LogP) is 6.77. The first kappa shape index (κ1) is 36.0. The summed E-state index contributed by atoms with van der Waals surface area (Å²) in [5, 5.41) is 37.7. The van der Waals surface area contributed by atoms with Gasteiger partial charge in [-0.1, -0.05) is 55.4 Å². The average Bonchev–Trinajstić information content (AvgIpc) is 3.94. The van der Waals surface area contributed by atoms with Crippen molar-refractivity contribution in [3.05, 3.63) is 99.3 Å². The van der Waals surface area contributed by atoms with Crippen molar-refractivity contribution in [1.82, 2.24) is 30.6 Å². The minimum Gasteiger partial charge on any atom is -0.507 e. The monoisotopic (exact) mass is 746 g/mol. The third-order valence-corrected chi connectivity index (χ3v) is 11.7. The Hall–Kier alpha value is -5.42. The first-order chi connectivity index (χ1) is 25.5. The van der Waals surface area contributed by atoms with E-state index in [-0.39, 0.29) is 42.5 Å². The minimum absolute atomic E-state index is 0.0396. The number of β-amino-alcohol motifs (C(OH)–C–C–N with tert-alkyl or cyclic N) is 1. The molecule has 3 N–H and O–H groups in total. The van der Waals surface area contributed by atoms with Crippen LogP contribution in [0.25, 0.3) is 31.9 Å². The Morgan fingerprint density at radius 3 is 2.53 bits per heavy atom. The molecule has 1 saturated heterocycles. The van der Waals surface area contributed by atoms with Gasteiger partial charge in [0, 0.05) is 30.0 Å². The summed E-state index contributed by atoms with van der Waals surface area (Å²) in [6, 6.07) is 17.4. The lowest BCUT2D eigenvalue weighted by Crippen LogP contribution is -2.48. The van der Waals surface area contributed by atoms with Crippen LogP contribution in [0.3, 0.4) is 0 Å². The summed E-state index contributed by atoms with van der Waals surface area (Å²) in [4.78, 5) is 36.2. The number of fused-ring (bicyclic) bond motifs is 1. The van der Waals surface area contributed by atoms with Gasteiger partial charge in [-0.25, -0.2) is 4.98 Å². The maximum absolute atomic E-state index is 14.1. The Bertz CT molecular complexity index is 2370. The Balaban J connectivity index is 1.06. The summed E-state index contributed by atoms with van der Waals surface area (Å²) >= 11 is 2.99. The molecule has 2 aromatic carbocycles. The number of aliphatic hydroxyl groups excluding tert-OH is 1. The summed E-state index contributed by atoms with van der Waals surface area (Å²) in [7, 11) is 0. The normalized spacial score (nSPS) is 16.8. The Kier molecular flexibility index (Phi) is 10.1. The van der Waals surface area contributed by atoms with Crippen LogP contribution >= 0.6 is 22.7 Å². The summed E-state index contributed by atoms with van der Waals surface area (Å²) in [5.41, 5.74) is 7.23. The second-order valence-electron chi connectivity index (χ2n) is 13.6. The molecular weight excluding hydrogens is 709 g/mol. The lowest BCUT2D eigenvalue weighted by molar-refractivity contribution is -0.141. The smallest absolute Gasteiger partial charge is 0.243 e. The van der Waals surface area contributed by atoms with Gasteiger partial charge in [0.05, 0.1) is 38.8 Å². The van der Waals surface area contributed by atoms with Gasteiger partial charge >= 0.3 is 0 Å². The van der Waals surface area contributed by atoms with Gasteiger partial charge in [0.1, 0.15) is 22.5 Å². The zero-order chi connectivity index (χ0) is 37.4. The number of para-hydroxylation sites is 1. The van der Waals surface area contributed by atoms with E-state index in [0.29, 0.717) is 22.7 Å². The second-order valence-corrected chi connectivity index (χ2v) is 15.5. The zero-order valence-corrected chi connectivity index (χ0v) is 31.5. The van der Waals surface area contributed by atoms with Gasteiger partial charge in [-0.2, -0.15) is 0 Å². The van der Waals surface area contributed by atoms with E-state index in [1.165, 1.54) is 16.2 Å². The van der Waals surface area contributed by atoms with Gasteiger partial charge < -0.3 is 25.0 Å². The third kappa shape index (κ3) is 7.30. The van der Waals surface area contributed by atoms with Crippen LogP contribution in [-0.2, 0) is 9.59 Å². The number of thiazole rings is 1. The molecular formula is C40H38N6O5S2. The van der Waals surface area contributed by atoms with E-state index in [2.05, 4.69) is 37.5 Å². The van der Waals surface area contributed by atoms with Crippen LogP contribution in [0.15, 0.2) is 70.7 Å². The van der Waals surface area contributed by atoms with Crippen LogP contribution in [0.1, 0.15) is 72.3 Å². The highest BCUT2D eigenvalue weighted by Crippen LogP contribution is 2.35. The SMILES string of the molecule is Cc1ncsc1-c1ccc([C@H](C)NC(=O)[C@@H]2C[C@@H](O)CN2C(=O)C(c2cc(C#Cc3sc4nnc(-c5ccccc5O)cc4c3C)no2)C(C)C)cc1. The average molecular weight is 747 g/mol. The van der Waals surface area contributed by atoms with Crippen molar-refractivity contribution in [2.75, 3.05) is 6.54 Å². The molecule has 2 amide bonds. The maximum atomic E-state index is 14.1. The number of phenols is 1. The quantitative estimate of drug-likeness (QED) is 0.143. The van der Waals surface area contributed by atoms with Gasteiger partial charge in [-0.15, -0.1) is 32.9 Å². The molecule has 5 heterocycles. The molecule has 1 unspecified atom stereocenters. The van der Waals surface area contributed by atoms with E-state index in [0.717, 1.165) is 42.4 Å². The Labute approximate surface area is 314 Å². The predicted molar refractivity (Wildman–Crippen MR) is 204 cm³/mol. The molecule has 1 aliphatic heterocycles. The van der Waals surface area contributed by atoms with Gasteiger partial charge in [0.25, 0.3) is 0 Å². The van der Waals surface area contributed by atoms with E-state index in [1.807, 2.05) is 76.5 Å². The standard InChI is InChI=1S/C40H38N6O5S2/c1-21(2)36(34-16-27(45-51-34)14-15-35-22(3)30-18-31(43-44-39(30)53-35)29-8-6-7-9-33(29)48)40(50)46-19-28(47)17-32(46)38(49)42-23(4)25-10-12-26(13-11-25)37-24(5)41-20-52-37/h6-13,16,18,20-21,23,28,32,36,47-48H,17,19H2,1-5H3,(H,42,49)/t23-,28+,32-,36?/m0/s1. The number of likely N-dealkylation sites (tertiary alicyclic amines) is 1. The van der Waals surface area contributed by atoms with E-state index in [9.17, 15) is 19.8 Å². The van der Waals surface area contributed by atoms with Gasteiger partial charge in [0.2, 0.25) is 11.8 Å². The molecule has 1 fully saturated rings. The van der Waals surface area contributed by atoms with Crippen molar-refractivity contribution in [1.29, 1.82) is 0 Å². The fourth-order valence-corrected chi connectivity index (χ4v) is 8.47. The van der Waals surface area contributed by atoms with Crippen molar-refractivity contribution < 1.29 is 24.3 Å². The van der Waals surface area contributed by atoms with Crippen molar-refractivity contribution >= 4 is 44.7 Å². The van der Waals surface area contributed by atoms with Gasteiger partial charge in [-0.05, 0) is 73.4 Å². The molecule has 270 valence electrons. The summed E-state index contributed by atoms with van der Waals surface area (Å²) < 4.78 is 5.70. The molecule has 4 atom stereocenters. The zero-order valence-electron chi connectivity index (χ0n) is 29.8. The molecule has 0 bridgehead atoms. The molecule has 1 aliphatic rings. The molecule has 13 heteroatoms. The topological polar surface area (TPSA) is 155 Å². The number of hydrogen-bond donors (Lipinski definition) is 3. The largest absolute Gasteiger partial charge is 0.507 e. The van der Waals surface area contributed by atoms with Crippen molar-refractivity contribution in [3.8, 4) is 39.3 Å². The highest BCUT2D eigenvalue weighted by molar-refractivity contribution is 7.19. The number of nitrogens with zero attached hydrogens (tertiary/aromatic N) is 5. The number of aliphatic hydroxyl groups is 1. The van der Waals surface area contributed by atoms with Crippen molar-refractivity contribution in [2.24, 2.45) is 5.92 Å². The molecule has 53 heavy (non-hydrogen) atoms. The first-order valence-corrected chi connectivity index (χ1v) is 19.0. The third-order valence-electron chi connectivity index (χ3n) is 9.60. The van der Waals surface area contributed by atoms with Crippen LogP contribution in [-0.4, -0.2) is 66.0 Å². The van der Waals surface area contributed by atoms with Crippen LogP contribution in [0.5, 0.6) is 5.75 Å². The van der Waals surface area contributed by atoms with Crippen LogP contribution in [0.4, 0.5) is 0 Å². The fraction of sp³-hybridized carbons (Fsp3) is 0.300. The first-order valence-electron chi connectivity index (χ1n) is 17.3. The molecule has 0 spiro atoms. The van der Waals surface area contributed by atoms with Gasteiger partial charge in [0.15, 0.2) is 11.5 Å². The molecule has 0 aliphatic carbocycles. The molecule has 0 radical (unpaired) electrons. The van der Waals surface area contributed by atoms with Crippen molar-refractivity contribution in [2.45, 2.75) is 65.1 Å². The fourth-order valence-electron chi connectivity index (χ4n) is 6.69. The number of carbonyl (C=O) groups excluding carboxylic acids is 2. The molecule has 6 aromatic rings. The molecule has 0 saturated carbocycles. The maximum Gasteiger partial charge on any atom is 0.243 e. The number of phenolic OH excluding ortho intramolecular Hbond substituents is 1. The molecule has 7 rings (SSSR count). The number of thiophene rings is 1. The number of aromatic hydroxyl groups is 1. The van der Waals surface area contributed by atoms with E-state index in [1.54, 1.807) is 35.6 Å². The van der Waals surface area contributed by atoms with Crippen LogP contribution < -0.4 is 5.32 Å². The highest BCUT2D eigenvalue weighted by Gasteiger charge is 2.43. The summed E-state index contributed by atoms with van der Waals surface area (Å²) in [6.07, 6.45) is -0.696. The van der Waals surface area contributed by atoms with Gasteiger partial charge in [-0.3, -0.25) is 9.59 Å². The van der Waals surface area contributed by atoms with Crippen LogP contribution in [0.2, 0.25) is 0 Å². The summed E-state index contributed by atoms with van der Waals surface area (Å²) in [6.45, 7) is 9.69. The van der Waals surface area contributed by atoms with E-state index < -0.39 is 18.1 Å². The second kappa shape index (κ2) is 14.9. The highest BCUT2D eigenvalue weighted by atomic mass is 32.1. The van der Waals surface area contributed by atoms with E-state index >= 15 is 0 Å². The number of carbonyl (C=O) groups is 2. The number of amides is 2. The summed E-state index contributed by atoms with van der Waals surface area (Å²) in [5.74, 6) is 5.12. The molecule has 4 aromatic heterocycles. The Morgan fingerprint density at radius 2 is 1.81 bits per heavy atom. The number of rotatable bonds is 8. The number of aryl methyl sites for hydroxylation is 2. The minimum atomic E-state index is -0.840. The molecule has 11 nitrogen and oxygen atoms in total. The number of benzene rings is 2. The van der Waals surface area contributed by atoms with Crippen LogP contribution in [0, 0.1) is 31.6 Å². The number of nitrogens with one attached hydrogen (secondary N) is 1. The van der Waals surface area contributed by atoms with Crippen molar-refractivity contribution in [3.63, 3.8) is 0 Å².